The SMILES string of the molecule is CC(Cl)c1nc2ccccc2c(=O)n1CC1CC1(C)C. The van der Waals surface area contributed by atoms with Crippen LogP contribution < -0.4 is 5.56 Å². The number of aromatic nitrogens is 2. The van der Waals surface area contributed by atoms with E-state index < -0.39 is 0 Å². The Morgan fingerprint density at radius 1 is 1.45 bits per heavy atom. The summed E-state index contributed by atoms with van der Waals surface area (Å²) in [6.07, 6.45) is 1.16. The molecule has 2 aromatic rings. The first-order valence-corrected chi connectivity index (χ1v) is 7.47. The van der Waals surface area contributed by atoms with Crippen LogP contribution in [0, 0.1) is 11.3 Å². The lowest BCUT2D eigenvalue weighted by molar-refractivity contribution is 0.477. The summed E-state index contributed by atoms with van der Waals surface area (Å²) < 4.78 is 1.78. The van der Waals surface area contributed by atoms with Crippen molar-refractivity contribution in [2.75, 3.05) is 0 Å². The lowest BCUT2D eigenvalue weighted by Crippen LogP contribution is -2.27. The third-order valence-electron chi connectivity index (χ3n) is 4.37. The van der Waals surface area contributed by atoms with E-state index in [-0.39, 0.29) is 10.9 Å². The number of halogens is 1. The molecule has 3 nitrogen and oxygen atoms in total. The van der Waals surface area contributed by atoms with Crippen molar-refractivity contribution < 1.29 is 0 Å². The Balaban J connectivity index is 2.15. The van der Waals surface area contributed by atoms with Gasteiger partial charge in [0, 0.05) is 6.54 Å². The smallest absolute Gasteiger partial charge is 0.261 e. The third-order valence-corrected chi connectivity index (χ3v) is 4.56. The molecule has 0 spiro atoms. The molecular formula is C16H19ClN2O. The molecule has 0 N–H and O–H groups in total. The topological polar surface area (TPSA) is 34.9 Å². The summed E-state index contributed by atoms with van der Waals surface area (Å²) in [5, 5.41) is 0.404. The van der Waals surface area contributed by atoms with E-state index in [0.717, 1.165) is 18.5 Å². The van der Waals surface area contributed by atoms with E-state index in [4.69, 9.17) is 11.6 Å². The Morgan fingerprint density at radius 2 is 2.10 bits per heavy atom. The fraction of sp³-hybridized carbons (Fsp3) is 0.500. The number of hydrogen-bond acceptors (Lipinski definition) is 2. The van der Waals surface area contributed by atoms with Gasteiger partial charge in [0.25, 0.3) is 5.56 Å². The molecule has 2 atom stereocenters. The van der Waals surface area contributed by atoms with Crippen LogP contribution in [0.3, 0.4) is 0 Å². The zero-order valence-electron chi connectivity index (χ0n) is 12.1. The summed E-state index contributed by atoms with van der Waals surface area (Å²) >= 11 is 6.23. The molecule has 20 heavy (non-hydrogen) atoms. The minimum absolute atomic E-state index is 0.0285. The average molecular weight is 291 g/mol. The molecule has 1 heterocycles. The van der Waals surface area contributed by atoms with E-state index in [1.165, 1.54) is 0 Å². The number of para-hydroxylation sites is 1. The molecule has 1 aromatic carbocycles. The van der Waals surface area contributed by atoms with Crippen molar-refractivity contribution in [3.63, 3.8) is 0 Å². The van der Waals surface area contributed by atoms with Gasteiger partial charge in [-0.1, -0.05) is 26.0 Å². The van der Waals surface area contributed by atoms with Gasteiger partial charge in [-0.2, -0.15) is 0 Å². The maximum Gasteiger partial charge on any atom is 0.261 e. The Labute approximate surface area is 123 Å². The van der Waals surface area contributed by atoms with Gasteiger partial charge in [-0.25, -0.2) is 4.98 Å². The van der Waals surface area contributed by atoms with Crippen molar-refractivity contribution in [2.45, 2.75) is 39.1 Å². The molecule has 106 valence electrons. The molecule has 0 radical (unpaired) electrons. The van der Waals surface area contributed by atoms with Crippen LogP contribution in [-0.2, 0) is 6.54 Å². The number of hydrogen-bond donors (Lipinski definition) is 0. The molecule has 3 rings (SSSR count). The van der Waals surface area contributed by atoms with Gasteiger partial charge in [0.05, 0.1) is 16.3 Å². The summed E-state index contributed by atoms with van der Waals surface area (Å²) in [7, 11) is 0. The van der Waals surface area contributed by atoms with Gasteiger partial charge < -0.3 is 0 Å². The van der Waals surface area contributed by atoms with E-state index in [2.05, 4.69) is 18.8 Å². The molecule has 0 saturated heterocycles. The van der Waals surface area contributed by atoms with E-state index in [1.807, 2.05) is 31.2 Å². The van der Waals surface area contributed by atoms with Crippen LogP contribution in [0.4, 0.5) is 0 Å². The number of nitrogens with zero attached hydrogens (tertiary/aromatic N) is 2. The van der Waals surface area contributed by atoms with Crippen molar-refractivity contribution in [3.8, 4) is 0 Å². The van der Waals surface area contributed by atoms with Crippen LogP contribution in [0.25, 0.3) is 10.9 Å². The van der Waals surface area contributed by atoms with Crippen LogP contribution in [0.15, 0.2) is 29.1 Å². The fourth-order valence-electron chi connectivity index (χ4n) is 2.77. The monoisotopic (exact) mass is 290 g/mol. The first-order chi connectivity index (χ1) is 9.40. The van der Waals surface area contributed by atoms with Crippen LogP contribution in [0.1, 0.15) is 38.4 Å². The van der Waals surface area contributed by atoms with Gasteiger partial charge in [0.15, 0.2) is 0 Å². The second-order valence-electron chi connectivity index (χ2n) is 6.41. The lowest BCUT2D eigenvalue weighted by atomic mass is 10.1. The minimum Gasteiger partial charge on any atom is -0.295 e. The van der Waals surface area contributed by atoms with Crippen LogP contribution in [-0.4, -0.2) is 9.55 Å². The maximum atomic E-state index is 12.7. The molecule has 2 unspecified atom stereocenters. The van der Waals surface area contributed by atoms with Crippen molar-refractivity contribution in [1.29, 1.82) is 0 Å². The first-order valence-electron chi connectivity index (χ1n) is 7.04. The highest BCUT2D eigenvalue weighted by molar-refractivity contribution is 6.20. The third kappa shape index (κ3) is 2.24. The Bertz CT molecular complexity index is 718. The zero-order valence-corrected chi connectivity index (χ0v) is 12.8. The van der Waals surface area contributed by atoms with Crippen molar-refractivity contribution in [3.05, 3.63) is 40.4 Å². The van der Waals surface area contributed by atoms with Gasteiger partial charge in [0.1, 0.15) is 5.82 Å². The normalized spacial score (nSPS) is 21.9. The molecule has 1 aromatic heterocycles. The predicted molar refractivity (Wildman–Crippen MR) is 82.2 cm³/mol. The number of alkyl halides is 1. The Kier molecular flexibility index (Phi) is 3.13. The molecule has 1 saturated carbocycles. The second kappa shape index (κ2) is 4.59. The molecule has 1 fully saturated rings. The van der Waals surface area contributed by atoms with Gasteiger partial charge in [0.2, 0.25) is 0 Å². The predicted octanol–water partition coefficient (Wildman–Crippen LogP) is 3.74. The minimum atomic E-state index is -0.269. The molecule has 4 heteroatoms. The zero-order chi connectivity index (χ0) is 14.5. The van der Waals surface area contributed by atoms with Gasteiger partial charge in [-0.3, -0.25) is 9.36 Å². The van der Waals surface area contributed by atoms with Gasteiger partial charge in [-0.15, -0.1) is 11.6 Å². The van der Waals surface area contributed by atoms with Crippen molar-refractivity contribution >= 4 is 22.5 Å². The first kappa shape index (κ1) is 13.6. The Morgan fingerprint density at radius 3 is 2.70 bits per heavy atom. The summed E-state index contributed by atoms with van der Waals surface area (Å²) in [4.78, 5) is 17.3. The van der Waals surface area contributed by atoms with Gasteiger partial charge in [-0.05, 0) is 36.8 Å². The van der Waals surface area contributed by atoms with E-state index >= 15 is 0 Å². The largest absolute Gasteiger partial charge is 0.295 e. The highest BCUT2D eigenvalue weighted by Gasteiger charge is 2.45. The summed E-state index contributed by atoms with van der Waals surface area (Å²) in [5.41, 5.74) is 1.09. The summed E-state index contributed by atoms with van der Waals surface area (Å²) in [6.45, 7) is 7.06. The van der Waals surface area contributed by atoms with E-state index in [1.54, 1.807) is 4.57 Å². The highest BCUT2D eigenvalue weighted by Crippen LogP contribution is 2.52. The number of benzene rings is 1. The molecule has 0 bridgehead atoms. The van der Waals surface area contributed by atoms with E-state index in [0.29, 0.717) is 22.5 Å². The highest BCUT2D eigenvalue weighted by atomic mass is 35.5. The average Bonchev–Trinajstić information content (AvgIpc) is 2.99. The molecular weight excluding hydrogens is 272 g/mol. The molecule has 1 aliphatic rings. The van der Waals surface area contributed by atoms with Crippen molar-refractivity contribution in [1.82, 2.24) is 9.55 Å². The van der Waals surface area contributed by atoms with E-state index in [9.17, 15) is 4.79 Å². The molecule has 0 amide bonds. The van der Waals surface area contributed by atoms with Crippen LogP contribution in [0.5, 0.6) is 0 Å². The van der Waals surface area contributed by atoms with Crippen LogP contribution >= 0.6 is 11.6 Å². The van der Waals surface area contributed by atoms with Crippen LogP contribution in [0.2, 0.25) is 0 Å². The second-order valence-corrected chi connectivity index (χ2v) is 7.06. The number of rotatable bonds is 3. The summed E-state index contributed by atoms with van der Waals surface area (Å²) in [5.74, 6) is 1.22. The summed E-state index contributed by atoms with van der Waals surface area (Å²) in [6, 6.07) is 7.47. The number of fused-ring (bicyclic) bond motifs is 1. The standard InChI is InChI=1S/C16H19ClN2O/c1-10(17)14-18-13-7-5-4-6-12(13)15(20)19(14)9-11-8-16(11,2)3/h4-7,10-11H,8-9H2,1-3H3. The van der Waals surface area contributed by atoms with Gasteiger partial charge >= 0.3 is 0 Å². The quantitative estimate of drug-likeness (QED) is 0.807. The lowest BCUT2D eigenvalue weighted by Gasteiger charge is -2.15. The molecule has 0 aliphatic heterocycles. The Hall–Kier alpha value is -1.35. The fourth-order valence-corrected chi connectivity index (χ4v) is 2.94. The maximum absolute atomic E-state index is 12.7. The molecule has 1 aliphatic carbocycles. The van der Waals surface area contributed by atoms with Crippen molar-refractivity contribution in [2.24, 2.45) is 11.3 Å².